The van der Waals surface area contributed by atoms with Crippen molar-refractivity contribution >= 4 is 5.97 Å². The first-order valence-electron chi connectivity index (χ1n) is 4.76. The maximum Gasteiger partial charge on any atom is 0.315 e. The maximum absolute atomic E-state index is 11.5. The van der Waals surface area contributed by atoms with Crippen LogP contribution in [-0.4, -0.2) is 5.97 Å². The van der Waals surface area contributed by atoms with E-state index in [0.717, 1.165) is 5.76 Å². The van der Waals surface area contributed by atoms with E-state index < -0.39 is 0 Å². The molecule has 1 aliphatic heterocycles. The van der Waals surface area contributed by atoms with Crippen molar-refractivity contribution < 1.29 is 9.53 Å². The van der Waals surface area contributed by atoms with E-state index in [1.54, 1.807) is 0 Å². The molecule has 2 nitrogen and oxygen atoms in total. The predicted molar refractivity (Wildman–Crippen MR) is 52.0 cm³/mol. The number of allylic oxidation sites excluding steroid dienone is 2. The Labute approximate surface area is 80.0 Å². The van der Waals surface area contributed by atoms with E-state index in [-0.39, 0.29) is 23.2 Å². The zero-order valence-electron chi connectivity index (χ0n) is 9.05. The molecule has 0 spiro atoms. The lowest BCUT2D eigenvalue weighted by atomic mass is 9.74. The normalized spacial score (nSPS) is 32.4. The van der Waals surface area contributed by atoms with Crippen LogP contribution in [-0.2, 0) is 9.53 Å². The molecule has 2 heteroatoms. The highest BCUT2D eigenvalue weighted by atomic mass is 16.5. The van der Waals surface area contributed by atoms with Gasteiger partial charge in [0.15, 0.2) is 0 Å². The number of rotatable bonds is 0. The topological polar surface area (TPSA) is 26.3 Å². The summed E-state index contributed by atoms with van der Waals surface area (Å²) in [6.07, 6.45) is 1.88. The fourth-order valence-corrected chi connectivity index (χ4v) is 2.07. The second-order valence-corrected chi connectivity index (χ2v) is 4.74. The average molecular weight is 182 g/mol. The first kappa shape index (κ1) is 10.3. The van der Waals surface area contributed by atoms with E-state index in [0.29, 0.717) is 0 Å². The van der Waals surface area contributed by atoms with Crippen molar-refractivity contribution in [3.05, 3.63) is 11.8 Å². The smallest absolute Gasteiger partial charge is 0.315 e. The minimum Gasteiger partial charge on any atom is -0.431 e. The van der Waals surface area contributed by atoms with Gasteiger partial charge in [-0.05, 0) is 18.4 Å². The van der Waals surface area contributed by atoms with Crippen LogP contribution >= 0.6 is 0 Å². The molecular weight excluding hydrogens is 164 g/mol. The minimum absolute atomic E-state index is 0.00120. The van der Waals surface area contributed by atoms with Gasteiger partial charge >= 0.3 is 5.97 Å². The summed E-state index contributed by atoms with van der Waals surface area (Å²) in [4.78, 5) is 11.5. The lowest BCUT2D eigenvalue weighted by Gasteiger charge is -2.26. The molecule has 1 saturated heterocycles. The molecule has 1 aliphatic rings. The molecule has 0 aromatic heterocycles. The highest BCUT2D eigenvalue weighted by Crippen LogP contribution is 2.42. The van der Waals surface area contributed by atoms with Gasteiger partial charge in [0.25, 0.3) is 0 Å². The molecule has 0 bridgehead atoms. The van der Waals surface area contributed by atoms with Crippen molar-refractivity contribution in [3.8, 4) is 0 Å². The van der Waals surface area contributed by atoms with Crippen LogP contribution in [0.5, 0.6) is 0 Å². The molecule has 2 unspecified atom stereocenters. The molecule has 0 N–H and O–H groups in total. The van der Waals surface area contributed by atoms with Crippen molar-refractivity contribution in [2.75, 3.05) is 0 Å². The molecule has 1 heterocycles. The predicted octanol–water partition coefficient (Wildman–Crippen LogP) is 2.75. The Kier molecular flexibility index (Phi) is 2.51. The van der Waals surface area contributed by atoms with Crippen molar-refractivity contribution in [1.82, 2.24) is 0 Å². The second-order valence-electron chi connectivity index (χ2n) is 4.74. The maximum atomic E-state index is 11.5. The molecule has 1 rings (SSSR count). The number of cyclic esters (lactones) is 1. The Morgan fingerprint density at radius 3 is 2.15 bits per heavy atom. The van der Waals surface area contributed by atoms with Crippen LogP contribution in [0.3, 0.4) is 0 Å². The third-order valence-corrected chi connectivity index (χ3v) is 2.64. The van der Waals surface area contributed by atoms with Crippen LogP contribution in [0.2, 0.25) is 0 Å². The number of hydrogen-bond donors (Lipinski definition) is 0. The van der Waals surface area contributed by atoms with Gasteiger partial charge in [-0.15, -0.1) is 0 Å². The molecule has 0 aliphatic carbocycles. The van der Waals surface area contributed by atoms with Gasteiger partial charge in [-0.2, -0.15) is 0 Å². The Bertz CT molecular complexity index is 245. The minimum atomic E-state index is -0.0758. The molecule has 74 valence electrons. The first-order chi connectivity index (χ1) is 5.88. The van der Waals surface area contributed by atoms with Crippen LogP contribution in [0, 0.1) is 17.3 Å². The van der Waals surface area contributed by atoms with Crippen LogP contribution in [0.4, 0.5) is 0 Å². The number of carbonyl (C=O) groups is 1. The Morgan fingerprint density at radius 2 is 1.92 bits per heavy atom. The van der Waals surface area contributed by atoms with Gasteiger partial charge < -0.3 is 4.74 Å². The number of esters is 1. The van der Waals surface area contributed by atoms with Gasteiger partial charge in [-0.25, -0.2) is 0 Å². The van der Waals surface area contributed by atoms with E-state index in [4.69, 9.17) is 4.74 Å². The van der Waals surface area contributed by atoms with Crippen molar-refractivity contribution in [1.29, 1.82) is 0 Å². The number of ether oxygens (including phenoxy) is 1. The fraction of sp³-hybridized carbons (Fsp3) is 0.727. The highest BCUT2D eigenvalue weighted by Gasteiger charge is 2.44. The zero-order chi connectivity index (χ0) is 10.2. The van der Waals surface area contributed by atoms with Gasteiger partial charge in [-0.1, -0.05) is 27.7 Å². The molecular formula is C11H18O2. The third-order valence-electron chi connectivity index (χ3n) is 2.64. The molecule has 2 atom stereocenters. The summed E-state index contributed by atoms with van der Waals surface area (Å²) < 4.78 is 5.18. The van der Waals surface area contributed by atoms with Gasteiger partial charge in [-0.3, -0.25) is 4.79 Å². The van der Waals surface area contributed by atoms with E-state index in [1.807, 2.05) is 13.0 Å². The van der Waals surface area contributed by atoms with Gasteiger partial charge in [0.1, 0.15) is 5.76 Å². The summed E-state index contributed by atoms with van der Waals surface area (Å²) in [6, 6.07) is 0. The summed E-state index contributed by atoms with van der Waals surface area (Å²) in [6.45, 7) is 10.2. The lowest BCUT2D eigenvalue weighted by Crippen LogP contribution is -2.28. The van der Waals surface area contributed by atoms with Crippen molar-refractivity contribution in [3.63, 3.8) is 0 Å². The summed E-state index contributed by atoms with van der Waals surface area (Å²) >= 11 is 0. The quantitative estimate of drug-likeness (QED) is 0.538. The summed E-state index contributed by atoms with van der Waals surface area (Å²) in [5, 5.41) is 0. The summed E-state index contributed by atoms with van der Waals surface area (Å²) in [7, 11) is 0. The third kappa shape index (κ3) is 1.77. The standard InChI is InChI=1S/C11H18O2/c1-6-8-7(2)9(10(12)13-8)11(3,4)5/h6-7,9H,1-5H3. The Balaban J connectivity index is 2.95. The van der Waals surface area contributed by atoms with E-state index in [1.165, 1.54) is 0 Å². The van der Waals surface area contributed by atoms with E-state index in [9.17, 15) is 4.79 Å². The Hall–Kier alpha value is -0.790. The first-order valence-corrected chi connectivity index (χ1v) is 4.76. The molecule has 13 heavy (non-hydrogen) atoms. The largest absolute Gasteiger partial charge is 0.431 e. The summed E-state index contributed by atoms with van der Waals surface area (Å²) in [5.41, 5.74) is -0.0126. The van der Waals surface area contributed by atoms with Crippen LogP contribution in [0.25, 0.3) is 0 Å². The highest BCUT2D eigenvalue weighted by molar-refractivity contribution is 5.78. The van der Waals surface area contributed by atoms with Gasteiger partial charge in [0, 0.05) is 5.92 Å². The molecule has 0 aromatic rings. The van der Waals surface area contributed by atoms with E-state index >= 15 is 0 Å². The number of carbonyl (C=O) groups excluding carboxylic acids is 1. The van der Waals surface area contributed by atoms with Gasteiger partial charge in [0.05, 0.1) is 5.92 Å². The second kappa shape index (κ2) is 3.17. The molecule has 0 amide bonds. The molecule has 0 radical (unpaired) electrons. The Morgan fingerprint density at radius 1 is 1.38 bits per heavy atom. The van der Waals surface area contributed by atoms with E-state index in [2.05, 4.69) is 27.7 Å². The monoisotopic (exact) mass is 182 g/mol. The molecule has 0 aromatic carbocycles. The number of hydrogen-bond acceptors (Lipinski definition) is 2. The van der Waals surface area contributed by atoms with Crippen LogP contribution < -0.4 is 0 Å². The van der Waals surface area contributed by atoms with Crippen LogP contribution in [0.1, 0.15) is 34.6 Å². The lowest BCUT2D eigenvalue weighted by molar-refractivity contribution is -0.142. The molecule has 0 saturated carbocycles. The summed E-state index contributed by atoms with van der Waals surface area (Å²) in [5.74, 6) is 0.967. The average Bonchev–Trinajstić information content (AvgIpc) is 2.24. The van der Waals surface area contributed by atoms with Crippen molar-refractivity contribution in [2.45, 2.75) is 34.6 Å². The zero-order valence-corrected chi connectivity index (χ0v) is 9.05. The fourth-order valence-electron chi connectivity index (χ4n) is 2.07. The van der Waals surface area contributed by atoms with Crippen molar-refractivity contribution in [2.24, 2.45) is 17.3 Å². The van der Waals surface area contributed by atoms with Gasteiger partial charge in [0.2, 0.25) is 0 Å². The van der Waals surface area contributed by atoms with Crippen LogP contribution in [0.15, 0.2) is 11.8 Å². The molecule has 1 fully saturated rings. The SMILES string of the molecule is CC=C1OC(=O)C(C(C)(C)C)C1C.